The van der Waals surface area contributed by atoms with Gasteiger partial charge in [-0.2, -0.15) is 0 Å². The van der Waals surface area contributed by atoms with E-state index in [1.165, 1.54) is 54.6 Å². The van der Waals surface area contributed by atoms with Crippen LogP contribution < -0.4 is 0 Å². The zero-order valence-corrected chi connectivity index (χ0v) is 20.8. The van der Waals surface area contributed by atoms with Gasteiger partial charge in [-0.25, -0.2) is 0 Å². The molecule has 6 rings (SSSR count). The van der Waals surface area contributed by atoms with Gasteiger partial charge in [0.05, 0.1) is 3.79 Å². The summed E-state index contributed by atoms with van der Waals surface area (Å²) in [4.78, 5) is 0. The number of benzene rings is 5. The first-order valence-corrected chi connectivity index (χ1v) is 12.9. The molecule has 0 aliphatic heterocycles. The largest absolute Gasteiger partial charge is 0.128 e. The van der Waals surface area contributed by atoms with Crippen molar-refractivity contribution in [2.45, 2.75) is 0 Å². The van der Waals surface area contributed by atoms with Gasteiger partial charge in [0.15, 0.2) is 0 Å². The fourth-order valence-electron chi connectivity index (χ4n) is 4.80. The van der Waals surface area contributed by atoms with Crippen LogP contribution in [0, 0.1) is 0 Å². The fourth-order valence-corrected chi connectivity index (χ4v) is 6.48. The minimum Gasteiger partial charge on any atom is -0.128 e. The van der Waals surface area contributed by atoms with Crippen molar-refractivity contribution in [2.75, 3.05) is 0 Å². The van der Waals surface area contributed by atoms with Gasteiger partial charge in [0.2, 0.25) is 0 Å². The smallest absolute Gasteiger partial charge is 0.0711 e. The van der Waals surface area contributed by atoms with Gasteiger partial charge in [-0.3, -0.25) is 0 Å². The molecule has 5 aromatic carbocycles. The number of rotatable bonds is 4. The Bertz CT molecular complexity index is 1450. The first kappa shape index (κ1) is 21.1. The van der Waals surface area contributed by atoms with Crippen molar-refractivity contribution in [2.24, 2.45) is 0 Å². The Kier molecular flexibility index (Phi) is 5.62. The second-order valence-corrected chi connectivity index (χ2v) is 10.7. The lowest BCUT2D eigenvalue weighted by atomic mass is 9.81. The van der Waals surface area contributed by atoms with Gasteiger partial charge in [0, 0.05) is 15.6 Å². The molecule has 0 saturated carbocycles. The average Bonchev–Trinajstić information content (AvgIpc) is 3.30. The van der Waals surface area contributed by atoms with E-state index in [1.807, 2.05) is 11.3 Å². The second kappa shape index (κ2) is 9.06. The van der Waals surface area contributed by atoms with Crippen LogP contribution in [0.1, 0.15) is 0 Å². The van der Waals surface area contributed by atoms with Crippen molar-refractivity contribution in [3.63, 3.8) is 0 Å². The van der Waals surface area contributed by atoms with Crippen LogP contribution in [0.25, 0.3) is 54.6 Å². The molecule has 2 heteroatoms. The lowest BCUT2D eigenvalue weighted by Gasteiger charge is -2.22. The fraction of sp³-hybridized carbons (Fsp3) is 0. The molecule has 0 fully saturated rings. The van der Waals surface area contributed by atoms with Gasteiger partial charge in [-0.15, -0.1) is 11.3 Å². The molecule has 1 aromatic heterocycles. The second-order valence-electron chi connectivity index (χ2n) is 8.26. The quantitative estimate of drug-likeness (QED) is 0.218. The monoisotopic (exact) mass is 516 g/mol. The molecule has 0 nitrogen and oxygen atoms in total. The summed E-state index contributed by atoms with van der Waals surface area (Å²) in [5, 5.41) is 1.28. The molecular formula is C32H21BrS. The van der Waals surface area contributed by atoms with Crippen LogP contribution in [0.15, 0.2) is 131 Å². The first-order valence-electron chi connectivity index (χ1n) is 11.3. The van der Waals surface area contributed by atoms with Crippen LogP contribution in [0.4, 0.5) is 0 Å². The molecule has 0 radical (unpaired) electrons. The molecule has 0 spiro atoms. The topological polar surface area (TPSA) is 0 Å². The van der Waals surface area contributed by atoms with Crippen LogP contribution in [0.5, 0.6) is 0 Å². The van der Waals surface area contributed by atoms with Crippen LogP contribution in [0.2, 0.25) is 0 Å². The van der Waals surface area contributed by atoms with E-state index in [4.69, 9.17) is 0 Å². The van der Waals surface area contributed by atoms with Gasteiger partial charge >= 0.3 is 0 Å². The van der Waals surface area contributed by atoms with Gasteiger partial charge in [0.1, 0.15) is 0 Å². The SMILES string of the molecule is Brc1cc2c(-c3ccccc3)c(-c3ccccc3)c(-c3ccccc3)c(-c3ccccc3)c2s1. The van der Waals surface area contributed by atoms with Gasteiger partial charge < -0.3 is 0 Å². The van der Waals surface area contributed by atoms with Crippen LogP contribution in [0.3, 0.4) is 0 Å². The van der Waals surface area contributed by atoms with Crippen molar-refractivity contribution < 1.29 is 0 Å². The first-order chi connectivity index (χ1) is 16.8. The third-order valence-electron chi connectivity index (χ3n) is 6.20. The highest BCUT2D eigenvalue weighted by molar-refractivity contribution is 9.11. The Hall–Kier alpha value is -3.46. The molecule has 0 aliphatic carbocycles. The third kappa shape index (κ3) is 3.69. The molecule has 34 heavy (non-hydrogen) atoms. The molecule has 0 saturated heterocycles. The number of halogens is 1. The van der Waals surface area contributed by atoms with E-state index >= 15 is 0 Å². The molecule has 0 N–H and O–H groups in total. The molecule has 0 atom stereocenters. The van der Waals surface area contributed by atoms with Gasteiger partial charge in [0.25, 0.3) is 0 Å². The average molecular weight is 517 g/mol. The molecule has 162 valence electrons. The summed E-state index contributed by atoms with van der Waals surface area (Å²) in [5.41, 5.74) is 10.0. The van der Waals surface area contributed by atoms with E-state index in [0.29, 0.717) is 0 Å². The highest BCUT2D eigenvalue weighted by atomic mass is 79.9. The molecule has 0 amide bonds. The van der Waals surface area contributed by atoms with Crippen molar-refractivity contribution in [1.82, 2.24) is 0 Å². The van der Waals surface area contributed by atoms with Crippen molar-refractivity contribution in [3.8, 4) is 44.5 Å². The highest BCUT2D eigenvalue weighted by Crippen LogP contribution is 2.53. The Labute approximate surface area is 212 Å². The lowest BCUT2D eigenvalue weighted by Crippen LogP contribution is -1.95. The van der Waals surface area contributed by atoms with Crippen molar-refractivity contribution in [1.29, 1.82) is 0 Å². The van der Waals surface area contributed by atoms with Crippen molar-refractivity contribution in [3.05, 3.63) is 131 Å². The molecule has 0 unspecified atom stereocenters. The van der Waals surface area contributed by atoms with Gasteiger partial charge in [-0.05, 0) is 60.9 Å². The van der Waals surface area contributed by atoms with E-state index in [-0.39, 0.29) is 0 Å². The van der Waals surface area contributed by atoms with Crippen LogP contribution in [-0.4, -0.2) is 0 Å². The van der Waals surface area contributed by atoms with E-state index in [1.54, 1.807) is 0 Å². The molecule has 0 aliphatic rings. The normalized spacial score (nSPS) is 11.1. The molecular weight excluding hydrogens is 496 g/mol. The lowest BCUT2D eigenvalue weighted by molar-refractivity contribution is 1.58. The number of thiophene rings is 1. The van der Waals surface area contributed by atoms with E-state index in [0.717, 1.165) is 3.79 Å². The number of hydrogen-bond acceptors (Lipinski definition) is 1. The summed E-state index contributed by atoms with van der Waals surface area (Å²) < 4.78 is 2.44. The van der Waals surface area contributed by atoms with Crippen LogP contribution >= 0.6 is 27.3 Å². The summed E-state index contributed by atoms with van der Waals surface area (Å²) in [6, 6.07) is 45.5. The summed E-state index contributed by atoms with van der Waals surface area (Å²) in [6.07, 6.45) is 0. The van der Waals surface area contributed by atoms with E-state index in [9.17, 15) is 0 Å². The molecule has 1 heterocycles. The maximum absolute atomic E-state index is 3.82. The summed E-state index contributed by atoms with van der Waals surface area (Å²) in [5.74, 6) is 0. The summed E-state index contributed by atoms with van der Waals surface area (Å²) >= 11 is 5.63. The zero-order chi connectivity index (χ0) is 22.9. The standard InChI is InChI=1S/C32H21BrS/c33-27-21-26-28(22-13-5-1-6-14-22)29(23-15-7-2-8-16-23)30(24-17-9-3-10-18-24)31(32(26)34-27)25-19-11-4-12-20-25/h1-21H. The predicted molar refractivity (Wildman–Crippen MR) is 151 cm³/mol. The summed E-state index contributed by atoms with van der Waals surface area (Å²) in [7, 11) is 0. The minimum atomic E-state index is 1.14. The Balaban J connectivity index is 1.89. The van der Waals surface area contributed by atoms with E-state index in [2.05, 4.69) is 143 Å². The summed E-state index contributed by atoms with van der Waals surface area (Å²) in [6.45, 7) is 0. The molecule has 0 bridgehead atoms. The number of hydrogen-bond donors (Lipinski definition) is 0. The maximum Gasteiger partial charge on any atom is 0.0711 e. The Morgan fingerprint density at radius 1 is 0.412 bits per heavy atom. The molecule has 6 aromatic rings. The Morgan fingerprint density at radius 2 is 0.765 bits per heavy atom. The minimum absolute atomic E-state index is 1.14. The van der Waals surface area contributed by atoms with E-state index < -0.39 is 0 Å². The van der Waals surface area contributed by atoms with Crippen molar-refractivity contribution >= 4 is 37.4 Å². The Morgan fingerprint density at radius 3 is 1.21 bits per heavy atom. The highest BCUT2D eigenvalue weighted by Gasteiger charge is 2.25. The predicted octanol–water partition coefficient (Wildman–Crippen LogP) is 10.3. The van der Waals surface area contributed by atoms with Crippen LogP contribution in [-0.2, 0) is 0 Å². The number of fused-ring (bicyclic) bond motifs is 1. The zero-order valence-electron chi connectivity index (χ0n) is 18.4. The van der Waals surface area contributed by atoms with Gasteiger partial charge in [-0.1, -0.05) is 121 Å². The third-order valence-corrected chi connectivity index (χ3v) is 7.85. The maximum atomic E-state index is 3.82.